The third-order valence-electron chi connectivity index (χ3n) is 14.6. The van der Waals surface area contributed by atoms with Gasteiger partial charge in [0, 0.05) is 27.9 Å². The smallest absolute Gasteiger partial charge is 0.0719 e. The largest absolute Gasteiger partial charge is 0.309 e. The van der Waals surface area contributed by atoms with Crippen LogP contribution in [0.25, 0.3) is 72.0 Å². The first-order chi connectivity index (χ1) is 34.3. The van der Waals surface area contributed by atoms with E-state index in [-0.39, 0.29) is 5.92 Å². The number of hydrogen-bond donors (Lipinski definition) is 0. The second-order valence-corrected chi connectivity index (χ2v) is 18.3. The Hall–Kier alpha value is -8.78. The average molecular weight is 878 g/mol. The van der Waals surface area contributed by atoms with Crippen LogP contribution in [0.4, 0.5) is 0 Å². The van der Waals surface area contributed by atoms with E-state index in [4.69, 9.17) is 0 Å². The van der Waals surface area contributed by atoms with Crippen molar-refractivity contribution in [2.75, 3.05) is 0 Å². The number of para-hydroxylation sites is 1. The number of fused-ring (bicyclic) bond motifs is 6. The van der Waals surface area contributed by atoms with Gasteiger partial charge in [0.15, 0.2) is 0 Å². The van der Waals surface area contributed by atoms with Gasteiger partial charge in [-0.3, -0.25) is 0 Å². The Kier molecular flexibility index (Phi) is 9.87. The molecule has 1 heteroatoms. The normalized spacial score (nSPS) is 13.0. The molecule has 0 fully saturated rings. The first kappa shape index (κ1) is 40.5. The SMILES string of the molecule is c1ccc(-c2ccc(C(c3ccccc3)c3ccc4c5cccc(-c6ccccc6)c5n(-c5ccc(-c6cccc7c6C(c6ccccc6)(c6ccccc6)c6ccccc6-7)cc5)c4c3)cc2)cc1. The highest BCUT2D eigenvalue weighted by Crippen LogP contribution is 2.58. The maximum absolute atomic E-state index is 2.52. The molecular formula is C68H47N. The lowest BCUT2D eigenvalue weighted by Gasteiger charge is -2.35. The monoisotopic (exact) mass is 877 g/mol. The average Bonchev–Trinajstić information content (AvgIpc) is 3.93. The highest BCUT2D eigenvalue weighted by Gasteiger charge is 2.47. The Morgan fingerprint density at radius 2 is 0.783 bits per heavy atom. The van der Waals surface area contributed by atoms with Gasteiger partial charge in [0.05, 0.1) is 16.4 Å². The summed E-state index contributed by atoms with van der Waals surface area (Å²) >= 11 is 0. The van der Waals surface area contributed by atoms with Crippen molar-refractivity contribution in [2.24, 2.45) is 0 Å². The fraction of sp³-hybridized carbons (Fsp3) is 0.0294. The molecule has 1 aromatic heterocycles. The molecular weight excluding hydrogens is 831 g/mol. The van der Waals surface area contributed by atoms with Gasteiger partial charge in [-0.05, 0) is 96.1 Å². The molecule has 0 spiro atoms. The Balaban J connectivity index is 1.01. The van der Waals surface area contributed by atoms with Crippen molar-refractivity contribution in [3.8, 4) is 50.2 Å². The highest BCUT2D eigenvalue weighted by atomic mass is 15.0. The van der Waals surface area contributed by atoms with Crippen LogP contribution in [-0.4, -0.2) is 4.57 Å². The summed E-state index contributed by atoms with van der Waals surface area (Å²) in [5, 5.41) is 2.47. The fourth-order valence-corrected chi connectivity index (χ4v) is 11.6. The summed E-state index contributed by atoms with van der Waals surface area (Å²) in [6, 6.07) is 103. The second kappa shape index (κ2) is 16.8. The molecule has 1 aliphatic carbocycles. The Labute approximate surface area is 403 Å². The summed E-state index contributed by atoms with van der Waals surface area (Å²) in [4.78, 5) is 0. The summed E-state index contributed by atoms with van der Waals surface area (Å²) in [6.07, 6.45) is 0. The summed E-state index contributed by atoms with van der Waals surface area (Å²) < 4.78 is 2.52. The Morgan fingerprint density at radius 3 is 1.46 bits per heavy atom. The van der Waals surface area contributed by atoms with Crippen molar-refractivity contribution in [1.29, 1.82) is 0 Å². The lowest BCUT2D eigenvalue weighted by Crippen LogP contribution is -2.29. The van der Waals surface area contributed by atoms with Gasteiger partial charge >= 0.3 is 0 Å². The molecule has 0 amide bonds. The molecule has 11 aromatic carbocycles. The third-order valence-corrected chi connectivity index (χ3v) is 14.6. The fourth-order valence-electron chi connectivity index (χ4n) is 11.6. The Morgan fingerprint density at radius 1 is 0.304 bits per heavy atom. The van der Waals surface area contributed by atoms with Crippen LogP contribution >= 0.6 is 0 Å². The van der Waals surface area contributed by atoms with Crippen LogP contribution in [-0.2, 0) is 5.41 Å². The van der Waals surface area contributed by atoms with Crippen LogP contribution in [0.15, 0.2) is 279 Å². The van der Waals surface area contributed by atoms with Crippen molar-refractivity contribution in [2.45, 2.75) is 11.3 Å². The van der Waals surface area contributed by atoms with Crippen LogP contribution in [0.2, 0.25) is 0 Å². The van der Waals surface area contributed by atoms with Gasteiger partial charge in [-0.25, -0.2) is 0 Å². The molecule has 324 valence electrons. The van der Waals surface area contributed by atoms with Crippen molar-refractivity contribution in [3.05, 3.63) is 318 Å². The lowest BCUT2D eigenvalue weighted by atomic mass is 9.66. The van der Waals surface area contributed by atoms with E-state index >= 15 is 0 Å². The van der Waals surface area contributed by atoms with Gasteiger partial charge in [-0.1, -0.05) is 261 Å². The van der Waals surface area contributed by atoms with Crippen LogP contribution < -0.4 is 0 Å². The maximum atomic E-state index is 2.52. The molecule has 1 aliphatic rings. The quantitative estimate of drug-likeness (QED) is 0.127. The molecule has 0 saturated heterocycles. The Bertz CT molecular complexity index is 3740. The number of hydrogen-bond acceptors (Lipinski definition) is 0. The van der Waals surface area contributed by atoms with E-state index in [1.165, 1.54) is 105 Å². The van der Waals surface area contributed by atoms with E-state index in [2.05, 4.69) is 284 Å². The predicted molar refractivity (Wildman–Crippen MR) is 288 cm³/mol. The highest BCUT2D eigenvalue weighted by molar-refractivity contribution is 6.14. The van der Waals surface area contributed by atoms with E-state index in [1.807, 2.05) is 0 Å². The minimum Gasteiger partial charge on any atom is -0.309 e. The minimum absolute atomic E-state index is 0.0293. The zero-order chi connectivity index (χ0) is 45.7. The molecule has 12 aromatic rings. The summed E-state index contributed by atoms with van der Waals surface area (Å²) in [5.74, 6) is 0.0293. The molecule has 13 rings (SSSR count). The maximum Gasteiger partial charge on any atom is 0.0719 e. The van der Waals surface area contributed by atoms with Crippen LogP contribution in [0, 0.1) is 0 Å². The van der Waals surface area contributed by atoms with E-state index < -0.39 is 5.41 Å². The number of nitrogens with zero attached hydrogens (tertiary/aromatic N) is 1. The molecule has 0 radical (unpaired) electrons. The first-order valence-corrected chi connectivity index (χ1v) is 24.0. The van der Waals surface area contributed by atoms with Crippen LogP contribution in [0.1, 0.15) is 44.9 Å². The van der Waals surface area contributed by atoms with E-state index in [0.717, 1.165) is 5.69 Å². The van der Waals surface area contributed by atoms with Gasteiger partial charge in [0.1, 0.15) is 0 Å². The summed E-state index contributed by atoms with van der Waals surface area (Å²) in [5.41, 5.74) is 21.8. The zero-order valence-corrected chi connectivity index (χ0v) is 38.1. The topological polar surface area (TPSA) is 4.93 Å². The molecule has 69 heavy (non-hydrogen) atoms. The molecule has 0 N–H and O–H groups in total. The molecule has 1 nitrogen and oxygen atoms in total. The molecule has 0 aliphatic heterocycles. The summed E-state index contributed by atoms with van der Waals surface area (Å²) in [7, 11) is 0. The summed E-state index contributed by atoms with van der Waals surface area (Å²) in [6.45, 7) is 0. The van der Waals surface area contributed by atoms with Crippen molar-refractivity contribution >= 4 is 21.8 Å². The number of benzene rings is 11. The van der Waals surface area contributed by atoms with Crippen molar-refractivity contribution in [3.63, 3.8) is 0 Å². The van der Waals surface area contributed by atoms with Gasteiger partial charge in [-0.2, -0.15) is 0 Å². The second-order valence-electron chi connectivity index (χ2n) is 18.3. The van der Waals surface area contributed by atoms with Crippen LogP contribution in [0.3, 0.4) is 0 Å². The number of rotatable bonds is 9. The molecule has 1 unspecified atom stereocenters. The van der Waals surface area contributed by atoms with E-state index in [0.29, 0.717) is 0 Å². The van der Waals surface area contributed by atoms with Gasteiger partial charge in [-0.15, -0.1) is 0 Å². The van der Waals surface area contributed by atoms with Crippen molar-refractivity contribution < 1.29 is 0 Å². The predicted octanol–water partition coefficient (Wildman–Crippen LogP) is 17.3. The first-order valence-electron chi connectivity index (χ1n) is 24.0. The minimum atomic E-state index is -0.505. The molecule has 1 heterocycles. The molecule has 1 atom stereocenters. The molecule has 0 bridgehead atoms. The number of aromatic nitrogens is 1. The zero-order valence-electron chi connectivity index (χ0n) is 38.1. The third kappa shape index (κ3) is 6.61. The standard InChI is InChI=1S/C68H47N/c1-6-20-47(21-7-1)48-36-38-52(39-37-48)65(51-24-10-3-11-25-51)53-42-45-60-62-34-19-32-58(49-22-8-2-9-23-49)67(62)69(64(60)46-53)56-43-40-50(41-44-56)57-31-18-33-61-59-30-16-17-35-63(59)68(66(57)61,54-26-12-4-13-27-54)55-28-14-5-15-29-55/h1-46,65H. The van der Waals surface area contributed by atoms with Crippen LogP contribution in [0.5, 0.6) is 0 Å². The molecule has 0 saturated carbocycles. The van der Waals surface area contributed by atoms with E-state index in [9.17, 15) is 0 Å². The van der Waals surface area contributed by atoms with Crippen molar-refractivity contribution in [1.82, 2.24) is 4.57 Å². The lowest BCUT2D eigenvalue weighted by molar-refractivity contribution is 0.770. The van der Waals surface area contributed by atoms with Gasteiger partial charge in [0.2, 0.25) is 0 Å². The van der Waals surface area contributed by atoms with E-state index in [1.54, 1.807) is 0 Å². The van der Waals surface area contributed by atoms with Gasteiger partial charge in [0.25, 0.3) is 0 Å². The van der Waals surface area contributed by atoms with Gasteiger partial charge < -0.3 is 4.57 Å².